The first-order valence-electron chi connectivity index (χ1n) is 9.55. The molecule has 0 aliphatic heterocycles. The molecule has 0 unspecified atom stereocenters. The van der Waals surface area contributed by atoms with Crippen molar-refractivity contribution in [2.24, 2.45) is 16.7 Å². The smallest absolute Gasteiger partial charge is 0.214 e. The molecule has 146 valence electrons. The van der Waals surface area contributed by atoms with Gasteiger partial charge in [-0.1, -0.05) is 26.0 Å². The Balaban J connectivity index is 1.50. The number of para-hydroxylation sites is 2. The van der Waals surface area contributed by atoms with Gasteiger partial charge in [0.05, 0.1) is 23.1 Å². The number of carbonyl (C=O) groups excluding carboxylic acids is 1. The van der Waals surface area contributed by atoms with Gasteiger partial charge < -0.3 is 4.57 Å². The average molecular weight is 390 g/mol. The molecule has 1 heterocycles. The Labute approximate surface area is 160 Å². The van der Waals surface area contributed by atoms with Gasteiger partial charge in [-0.2, -0.15) is 0 Å². The summed E-state index contributed by atoms with van der Waals surface area (Å²) in [6.07, 6.45) is 3.93. The lowest BCUT2D eigenvalue weighted by atomic mass is 9.70. The number of sulfonamides is 1. The summed E-state index contributed by atoms with van der Waals surface area (Å²) in [4.78, 5) is 17.0. The molecule has 6 nitrogen and oxygen atoms in total. The molecule has 0 N–H and O–H groups in total. The van der Waals surface area contributed by atoms with Crippen LogP contribution in [-0.2, 0) is 21.4 Å². The third kappa shape index (κ3) is 2.74. The predicted octanol–water partition coefficient (Wildman–Crippen LogP) is 2.69. The number of fused-ring (bicyclic) bond motifs is 3. The van der Waals surface area contributed by atoms with Gasteiger partial charge in [-0.05, 0) is 36.3 Å². The maximum atomic E-state index is 13.1. The lowest BCUT2D eigenvalue weighted by Gasteiger charge is -2.37. The largest absolute Gasteiger partial charge is 0.329 e. The first-order valence-corrected chi connectivity index (χ1v) is 11.2. The van der Waals surface area contributed by atoms with Crippen LogP contribution in [-0.4, -0.2) is 47.4 Å². The lowest BCUT2D eigenvalue weighted by Crippen LogP contribution is -2.46. The number of hydrogen-bond acceptors (Lipinski definition) is 4. The molecule has 2 fully saturated rings. The number of aromatic nitrogens is 2. The maximum absolute atomic E-state index is 13.1. The third-order valence-corrected chi connectivity index (χ3v) is 9.22. The lowest BCUT2D eigenvalue weighted by molar-refractivity contribution is -0.128. The molecule has 2 atom stereocenters. The first-order chi connectivity index (χ1) is 12.7. The fourth-order valence-corrected chi connectivity index (χ4v) is 6.99. The molecular formula is C20H27N3O3S. The molecule has 7 heteroatoms. The van der Waals surface area contributed by atoms with E-state index in [0.29, 0.717) is 31.8 Å². The summed E-state index contributed by atoms with van der Waals surface area (Å²) in [5, 5.41) is 0. The summed E-state index contributed by atoms with van der Waals surface area (Å²) >= 11 is 0. The zero-order chi connectivity index (χ0) is 19.4. The summed E-state index contributed by atoms with van der Waals surface area (Å²) in [6, 6.07) is 7.80. The molecule has 4 rings (SSSR count). The normalized spacial score (nSPS) is 27.1. The van der Waals surface area contributed by atoms with Gasteiger partial charge in [-0.25, -0.2) is 17.7 Å². The highest BCUT2D eigenvalue weighted by atomic mass is 32.2. The minimum atomic E-state index is -3.52. The van der Waals surface area contributed by atoms with Crippen molar-refractivity contribution >= 4 is 26.8 Å². The van der Waals surface area contributed by atoms with Crippen LogP contribution >= 0.6 is 0 Å². The van der Waals surface area contributed by atoms with Crippen molar-refractivity contribution in [3.8, 4) is 0 Å². The maximum Gasteiger partial charge on any atom is 0.214 e. The zero-order valence-electron chi connectivity index (χ0n) is 16.2. The van der Waals surface area contributed by atoms with E-state index in [1.165, 1.54) is 4.31 Å². The van der Waals surface area contributed by atoms with Gasteiger partial charge in [0.25, 0.3) is 0 Å². The quantitative estimate of drug-likeness (QED) is 0.761. The van der Waals surface area contributed by atoms with Gasteiger partial charge in [0.1, 0.15) is 5.78 Å². The second kappa shape index (κ2) is 6.14. The Bertz CT molecular complexity index is 995. The van der Waals surface area contributed by atoms with E-state index in [1.807, 2.05) is 28.8 Å². The third-order valence-electron chi connectivity index (χ3n) is 7.23. The van der Waals surface area contributed by atoms with E-state index in [2.05, 4.69) is 18.8 Å². The first kappa shape index (κ1) is 18.6. The molecule has 1 aromatic carbocycles. The van der Waals surface area contributed by atoms with Crippen LogP contribution < -0.4 is 0 Å². The highest BCUT2D eigenvalue weighted by molar-refractivity contribution is 7.89. The summed E-state index contributed by atoms with van der Waals surface area (Å²) in [7, 11) is -1.90. The van der Waals surface area contributed by atoms with E-state index in [-0.39, 0.29) is 17.0 Å². The Morgan fingerprint density at radius 2 is 2.04 bits per heavy atom. The van der Waals surface area contributed by atoms with Crippen LogP contribution in [0.3, 0.4) is 0 Å². The molecule has 27 heavy (non-hydrogen) atoms. The van der Waals surface area contributed by atoms with Gasteiger partial charge >= 0.3 is 0 Å². The molecule has 0 amide bonds. The van der Waals surface area contributed by atoms with Crippen molar-refractivity contribution < 1.29 is 13.2 Å². The summed E-state index contributed by atoms with van der Waals surface area (Å²) in [6.45, 7) is 5.03. The number of likely N-dealkylation sites (N-methyl/N-ethyl adjacent to an activating group) is 1. The molecule has 2 aliphatic carbocycles. The van der Waals surface area contributed by atoms with E-state index in [0.717, 1.165) is 17.5 Å². The molecule has 0 saturated heterocycles. The highest BCUT2D eigenvalue weighted by Gasteiger charge is 2.65. The van der Waals surface area contributed by atoms with E-state index < -0.39 is 15.4 Å². The van der Waals surface area contributed by atoms with Crippen molar-refractivity contribution in [2.45, 2.75) is 39.7 Å². The second-order valence-electron chi connectivity index (χ2n) is 8.67. The van der Waals surface area contributed by atoms with Crippen molar-refractivity contribution in [3.05, 3.63) is 30.6 Å². The average Bonchev–Trinajstić information content (AvgIpc) is 3.19. The SMILES string of the molecule is CN(CCn1cnc2ccccc21)S(=O)(=O)C[C@]12CC[C@H](CC1=O)C2(C)C. The molecule has 0 radical (unpaired) electrons. The Hall–Kier alpha value is -1.73. The van der Waals surface area contributed by atoms with Crippen LogP contribution in [0.15, 0.2) is 30.6 Å². The fraction of sp³-hybridized carbons (Fsp3) is 0.600. The standard InChI is InChI=1S/C20H27N3O3S/c1-19(2)15-8-9-20(19,18(24)12-15)13-27(25,26)22(3)10-11-23-14-21-16-6-4-5-7-17(16)23/h4-7,14-15H,8-13H2,1-3H3/t15-,20-/m1/s1. The number of imidazole rings is 1. The highest BCUT2D eigenvalue weighted by Crippen LogP contribution is 2.64. The van der Waals surface area contributed by atoms with Crippen LogP contribution in [0.25, 0.3) is 11.0 Å². The van der Waals surface area contributed by atoms with Crippen LogP contribution in [0, 0.1) is 16.7 Å². The number of benzene rings is 1. The summed E-state index contributed by atoms with van der Waals surface area (Å²) in [5.74, 6) is 0.396. The molecule has 2 aliphatic rings. The monoisotopic (exact) mass is 389 g/mol. The van der Waals surface area contributed by atoms with Gasteiger partial charge in [-0.15, -0.1) is 0 Å². The minimum Gasteiger partial charge on any atom is -0.329 e. The van der Waals surface area contributed by atoms with E-state index in [4.69, 9.17) is 0 Å². The van der Waals surface area contributed by atoms with Crippen molar-refractivity contribution in [2.75, 3.05) is 19.3 Å². The van der Waals surface area contributed by atoms with E-state index >= 15 is 0 Å². The predicted molar refractivity (Wildman–Crippen MR) is 105 cm³/mol. The van der Waals surface area contributed by atoms with E-state index in [1.54, 1.807) is 13.4 Å². The Morgan fingerprint density at radius 1 is 1.30 bits per heavy atom. The molecule has 1 aromatic heterocycles. The molecule has 2 saturated carbocycles. The number of nitrogens with zero attached hydrogens (tertiary/aromatic N) is 3. The van der Waals surface area contributed by atoms with Crippen molar-refractivity contribution in [1.82, 2.24) is 13.9 Å². The molecule has 2 bridgehead atoms. The Morgan fingerprint density at radius 3 is 2.70 bits per heavy atom. The second-order valence-corrected chi connectivity index (χ2v) is 10.7. The van der Waals surface area contributed by atoms with E-state index in [9.17, 15) is 13.2 Å². The number of hydrogen-bond donors (Lipinski definition) is 0. The van der Waals surface area contributed by atoms with Gasteiger partial charge in [0.2, 0.25) is 10.0 Å². The molecule has 0 spiro atoms. The molecule has 2 aromatic rings. The topological polar surface area (TPSA) is 72.3 Å². The zero-order valence-corrected chi connectivity index (χ0v) is 17.0. The summed E-state index contributed by atoms with van der Waals surface area (Å²) < 4.78 is 29.5. The number of Topliss-reactive ketones (excluding diaryl/α,β-unsaturated/α-hetero) is 1. The van der Waals surface area contributed by atoms with Gasteiger partial charge in [-0.3, -0.25) is 4.79 Å². The minimum absolute atomic E-state index is 0.0660. The molecular weight excluding hydrogens is 362 g/mol. The van der Waals surface area contributed by atoms with Gasteiger partial charge in [0, 0.05) is 32.0 Å². The number of rotatable bonds is 6. The van der Waals surface area contributed by atoms with Crippen LogP contribution in [0.2, 0.25) is 0 Å². The van der Waals surface area contributed by atoms with Crippen LogP contribution in [0.1, 0.15) is 33.1 Å². The van der Waals surface area contributed by atoms with Crippen LogP contribution in [0.5, 0.6) is 0 Å². The Kier molecular flexibility index (Phi) is 4.23. The number of ketones is 1. The van der Waals surface area contributed by atoms with Crippen molar-refractivity contribution in [3.63, 3.8) is 0 Å². The van der Waals surface area contributed by atoms with Gasteiger partial charge in [0.15, 0.2) is 0 Å². The number of carbonyl (C=O) groups is 1. The fourth-order valence-electron chi connectivity index (χ4n) is 5.11. The van der Waals surface area contributed by atoms with Crippen LogP contribution in [0.4, 0.5) is 0 Å². The van der Waals surface area contributed by atoms with Crippen molar-refractivity contribution in [1.29, 1.82) is 0 Å². The summed E-state index contributed by atoms with van der Waals surface area (Å²) in [5.41, 5.74) is 0.940.